The topological polar surface area (TPSA) is 83.8 Å². The average Bonchev–Trinajstić information content (AvgIpc) is 3.16. The quantitative estimate of drug-likeness (QED) is 0.204. The number of amides is 1. The lowest BCUT2D eigenvalue weighted by Gasteiger charge is -2.23. The first-order valence-electron chi connectivity index (χ1n) is 11.3. The Hall–Kier alpha value is -3.40. The average molecular weight is 600 g/mol. The summed E-state index contributed by atoms with van der Waals surface area (Å²) in [7, 11) is -4.01. The fourth-order valence-corrected chi connectivity index (χ4v) is 5.87. The highest BCUT2D eigenvalue weighted by atomic mass is 79.9. The number of halogens is 2. The Morgan fingerprint density at radius 3 is 2.41 bits per heavy atom. The molecule has 0 saturated heterocycles. The minimum Gasteiger partial charge on any atom is -0.318 e. The zero-order valence-electron chi connectivity index (χ0n) is 20.1. The molecule has 3 aromatic carbocycles. The van der Waals surface area contributed by atoms with Crippen LogP contribution in [0.15, 0.2) is 99.4 Å². The molecule has 0 aliphatic rings. The Balaban J connectivity index is 1.54. The number of nitrogens with one attached hydrogen (secondary N) is 1. The summed E-state index contributed by atoms with van der Waals surface area (Å²) in [6.07, 6.45) is 1.55. The monoisotopic (exact) mass is 598 g/mol. The molecule has 0 radical (unpaired) electrons. The van der Waals surface area contributed by atoms with Crippen molar-refractivity contribution < 1.29 is 13.2 Å². The van der Waals surface area contributed by atoms with Crippen LogP contribution in [0.2, 0.25) is 5.02 Å². The summed E-state index contributed by atoms with van der Waals surface area (Å²) in [4.78, 5) is 12.9. The van der Waals surface area contributed by atoms with Gasteiger partial charge in [-0.25, -0.2) is 13.8 Å². The van der Waals surface area contributed by atoms with E-state index in [4.69, 9.17) is 11.6 Å². The highest BCUT2D eigenvalue weighted by Gasteiger charge is 2.27. The number of anilines is 1. The Bertz CT molecular complexity index is 1550. The third-order valence-electron chi connectivity index (χ3n) is 5.66. The lowest BCUT2D eigenvalue weighted by atomic mass is 10.2. The molecule has 7 nitrogen and oxygen atoms in total. The molecule has 4 aromatic rings. The van der Waals surface area contributed by atoms with Crippen molar-refractivity contribution in [2.45, 2.75) is 18.7 Å². The molecule has 10 heteroatoms. The van der Waals surface area contributed by atoms with E-state index in [1.165, 1.54) is 12.1 Å². The van der Waals surface area contributed by atoms with Gasteiger partial charge in [-0.1, -0.05) is 51.8 Å². The molecule has 1 aromatic heterocycles. The summed E-state index contributed by atoms with van der Waals surface area (Å²) >= 11 is 9.48. The van der Waals surface area contributed by atoms with Crippen molar-refractivity contribution in [2.75, 3.05) is 10.8 Å². The number of nitrogens with zero attached hydrogens (tertiary/aromatic N) is 3. The fraction of sp³-hybridized carbons (Fsp3) is 0.111. The maximum atomic E-state index is 13.4. The largest absolute Gasteiger partial charge is 0.318 e. The lowest BCUT2D eigenvalue weighted by Crippen LogP contribution is -2.39. The Labute approximate surface area is 229 Å². The molecule has 0 spiro atoms. The van der Waals surface area contributed by atoms with Crippen molar-refractivity contribution in [3.05, 3.63) is 111 Å². The van der Waals surface area contributed by atoms with Crippen molar-refractivity contribution in [1.29, 1.82) is 0 Å². The van der Waals surface area contributed by atoms with Gasteiger partial charge in [-0.3, -0.25) is 9.10 Å². The van der Waals surface area contributed by atoms with Gasteiger partial charge in [-0.2, -0.15) is 5.10 Å². The van der Waals surface area contributed by atoms with Gasteiger partial charge in [0.1, 0.15) is 6.54 Å². The number of aromatic nitrogens is 1. The number of hydrogen-bond acceptors (Lipinski definition) is 4. The Morgan fingerprint density at radius 2 is 1.73 bits per heavy atom. The summed E-state index contributed by atoms with van der Waals surface area (Å²) in [6.45, 7) is 3.49. The summed E-state index contributed by atoms with van der Waals surface area (Å²) in [5.74, 6) is -0.591. The molecule has 0 saturated carbocycles. The number of sulfonamides is 1. The normalized spacial score (nSPS) is 11.6. The van der Waals surface area contributed by atoms with E-state index >= 15 is 0 Å². The molecule has 0 unspecified atom stereocenters. The van der Waals surface area contributed by atoms with E-state index in [1.54, 1.807) is 48.7 Å². The van der Waals surface area contributed by atoms with E-state index < -0.39 is 22.5 Å². The number of rotatable bonds is 8. The van der Waals surface area contributed by atoms with Crippen LogP contribution < -0.4 is 9.73 Å². The van der Waals surface area contributed by atoms with E-state index in [9.17, 15) is 13.2 Å². The van der Waals surface area contributed by atoms with E-state index in [0.29, 0.717) is 10.7 Å². The molecular formula is C27H24BrClN4O3S. The second-order valence-electron chi connectivity index (χ2n) is 8.24. The van der Waals surface area contributed by atoms with Crippen molar-refractivity contribution in [3.63, 3.8) is 0 Å². The van der Waals surface area contributed by atoms with Gasteiger partial charge in [-0.15, -0.1) is 0 Å². The molecule has 0 atom stereocenters. The fourth-order valence-electron chi connectivity index (χ4n) is 3.91. The second-order valence-corrected chi connectivity index (χ2v) is 11.5. The Morgan fingerprint density at radius 1 is 1.03 bits per heavy atom. The van der Waals surface area contributed by atoms with Crippen molar-refractivity contribution in [1.82, 2.24) is 9.99 Å². The van der Waals surface area contributed by atoms with Crippen LogP contribution >= 0.6 is 27.5 Å². The zero-order valence-corrected chi connectivity index (χ0v) is 23.3. The molecule has 0 aliphatic heterocycles. The van der Waals surface area contributed by atoms with Crippen molar-refractivity contribution in [2.24, 2.45) is 5.10 Å². The zero-order chi connectivity index (χ0) is 26.6. The summed E-state index contributed by atoms with van der Waals surface area (Å²) in [5, 5.41) is 4.55. The summed E-state index contributed by atoms with van der Waals surface area (Å²) in [6, 6.07) is 24.1. The molecule has 0 fully saturated rings. The predicted octanol–water partition coefficient (Wildman–Crippen LogP) is 5.86. The minimum absolute atomic E-state index is 0.0706. The van der Waals surface area contributed by atoms with Gasteiger partial charge in [-0.05, 0) is 74.5 Å². The molecule has 37 heavy (non-hydrogen) atoms. The predicted molar refractivity (Wildman–Crippen MR) is 151 cm³/mol. The molecule has 0 aliphatic carbocycles. The maximum absolute atomic E-state index is 13.4. The van der Waals surface area contributed by atoms with Gasteiger partial charge in [0.05, 0.1) is 16.8 Å². The molecule has 1 heterocycles. The number of aryl methyl sites for hydroxylation is 1. The molecule has 190 valence electrons. The van der Waals surface area contributed by atoms with Gasteiger partial charge >= 0.3 is 0 Å². The van der Waals surface area contributed by atoms with Gasteiger partial charge in [0.2, 0.25) is 0 Å². The summed E-state index contributed by atoms with van der Waals surface area (Å²) in [5.41, 5.74) is 6.54. The third kappa shape index (κ3) is 6.12. The second kappa shape index (κ2) is 11.3. The van der Waals surface area contributed by atoms with Crippen LogP contribution in [-0.2, 0) is 14.8 Å². The number of hydrazone groups is 1. The first-order valence-corrected chi connectivity index (χ1v) is 13.9. The SMILES string of the molecule is Cc1cc(/C=N\NC(=O)CN(c2ccc(Cl)cc2)S(=O)(=O)c2ccccc2)c(C)n1-c1cccc(Br)c1. The number of carbonyl (C=O) groups is 1. The molecule has 4 rings (SSSR count). The first-order chi connectivity index (χ1) is 17.7. The third-order valence-corrected chi connectivity index (χ3v) is 8.20. The van der Waals surface area contributed by atoms with E-state index in [1.807, 2.05) is 44.2 Å². The van der Waals surface area contributed by atoms with Gasteiger partial charge < -0.3 is 4.57 Å². The first kappa shape index (κ1) is 26.7. The van der Waals surface area contributed by atoms with Crippen LogP contribution in [0.3, 0.4) is 0 Å². The number of hydrogen-bond donors (Lipinski definition) is 1. The Kier molecular flexibility index (Phi) is 8.16. The van der Waals surface area contributed by atoms with Crippen LogP contribution in [0.4, 0.5) is 5.69 Å². The van der Waals surface area contributed by atoms with E-state index in [-0.39, 0.29) is 4.90 Å². The van der Waals surface area contributed by atoms with Crippen LogP contribution in [0.1, 0.15) is 17.0 Å². The number of benzene rings is 3. The minimum atomic E-state index is -4.01. The smallest absolute Gasteiger partial charge is 0.264 e. The lowest BCUT2D eigenvalue weighted by molar-refractivity contribution is -0.119. The van der Waals surface area contributed by atoms with Crippen LogP contribution in [0.25, 0.3) is 5.69 Å². The molecule has 0 bridgehead atoms. The number of carbonyl (C=O) groups excluding carboxylic acids is 1. The van der Waals surface area contributed by atoms with E-state index in [2.05, 4.69) is 31.0 Å². The molecular weight excluding hydrogens is 576 g/mol. The van der Waals surface area contributed by atoms with Gasteiger partial charge in [0.15, 0.2) is 0 Å². The van der Waals surface area contributed by atoms with Gasteiger partial charge in [0.25, 0.3) is 15.9 Å². The van der Waals surface area contributed by atoms with Crippen LogP contribution in [0.5, 0.6) is 0 Å². The van der Waals surface area contributed by atoms with Crippen LogP contribution in [-0.4, -0.2) is 31.7 Å². The highest BCUT2D eigenvalue weighted by Crippen LogP contribution is 2.25. The highest BCUT2D eigenvalue weighted by molar-refractivity contribution is 9.10. The van der Waals surface area contributed by atoms with Crippen LogP contribution in [0, 0.1) is 13.8 Å². The standard InChI is InChI=1S/C27H24BrClN4O3S/c1-19-15-21(20(2)33(19)25-8-6-7-22(28)16-25)17-30-31-27(34)18-32(24-13-11-23(29)12-14-24)37(35,36)26-9-4-3-5-10-26/h3-17H,18H2,1-2H3,(H,31,34)/b30-17-. The van der Waals surface area contributed by atoms with Gasteiger partial charge in [0, 0.05) is 32.1 Å². The summed E-state index contributed by atoms with van der Waals surface area (Å²) < 4.78 is 30.8. The maximum Gasteiger partial charge on any atom is 0.264 e. The van der Waals surface area contributed by atoms with Crippen molar-refractivity contribution >= 4 is 55.4 Å². The van der Waals surface area contributed by atoms with E-state index in [0.717, 1.165) is 31.4 Å². The molecule has 1 amide bonds. The van der Waals surface area contributed by atoms with Crippen molar-refractivity contribution in [3.8, 4) is 5.69 Å². The molecule has 1 N–H and O–H groups in total.